The molecule has 0 radical (unpaired) electrons. The molecule has 0 aliphatic rings. The molecule has 3 N–H and O–H groups in total. The van der Waals surface area contributed by atoms with Crippen molar-refractivity contribution in [2.75, 3.05) is 52.9 Å². The highest BCUT2D eigenvalue weighted by Gasteiger charge is 2.14. The zero-order valence-electron chi connectivity index (χ0n) is 21.9. The topological polar surface area (TPSA) is 124 Å². The van der Waals surface area contributed by atoms with E-state index >= 15 is 0 Å². The van der Waals surface area contributed by atoms with Crippen LogP contribution in [0, 0.1) is 5.92 Å². The summed E-state index contributed by atoms with van der Waals surface area (Å²) in [5.41, 5.74) is 0. The molecule has 200 valence electrons. The van der Waals surface area contributed by atoms with Crippen LogP contribution in [0.3, 0.4) is 0 Å². The number of hydrogen-bond donors (Lipinski definition) is 3. The summed E-state index contributed by atoms with van der Waals surface area (Å²) in [7, 11) is 0. The van der Waals surface area contributed by atoms with E-state index in [0.29, 0.717) is 25.7 Å². The predicted molar refractivity (Wildman–Crippen MR) is 130 cm³/mol. The summed E-state index contributed by atoms with van der Waals surface area (Å²) in [6.45, 7) is 14.0. The van der Waals surface area contributed by atoms with E-state index in [9.17, 15) is 14.4 Å². The molecule has 0 aromatic carbocycles. The van der Waals surface area contributed by atoms with E-state index in [-0.39, 0.29) is 75.7 Å². The molecule has 0 saturated carbocycles. The van der Waals surface area contributed by atoms with Gasteiger partial charge in [0.1, 0.15) is 6.61 Å². The zero-order chi connectivity index (χ0) is 25.8. The van der Waals surface area contributed by atoms with Crippen molar-refractivity contribution in [2.45, 2.75) is 78.9 Å². The van der Waals surface area contributed by atoms with Gasteiger partial charge in [-0.15, -0.1) is 0 Å². The fraction of sp³-hybridized carbons (Fsp3) is 0.875. The number of carbonyl (C=O) groups excluding carboxylic acids is 3. The van der Waals surface area contributed by atoms with Gasteiger partial charge in [0.2, 0.25) is 17.7 Å². The Labute approximate surface area is 205 Å². The quantitative estimate of drug-likeness (QED) is 0.208. The number of rotatable bonds is 21. The van der Waals surface area contributed by atoms with Gasteiger partial charge in [-0.05, 0) is 40.0 Å². The summed E-state index contributed by atoms with van der Waals surface area (Å²) in [5, 5.41) is 8.41. The monoisotopic (exact) mass is 489 g/mol. The van der Waals surface area contributed by atoms with Crippen molar-refractivity contribution in [3.63, 3.8) is 0 Å². The minimum atomic E-state index is -0.431. The maximum absolute atomic E-state index is 12.2. The van der Waals surface area contributed by atoms with Crippen molar-refractivity contribution < 1.29 is 33.3 Å². The van der Waals surface area contributed by atoms with Crippen molar-refractivity contribution >= 4 is 17.7 Å². The highest BCUT2D eigenvalue weighted by molar-refractivity contribution is 5.77. The van der Waals surface area contributed by atoms with E-state index in [1.165, 1.54) is 0 Å². The van der Waals surface area contributed by atoms with E-state index in [2.05, 4.69) is 29.8 Å². The third-order valence-corrected chi connectivity index (χ3v) is 4.29. The van der Waals surface area contributed by atoms with Crippen LogP contribution in [0.5, 0.6) is 0 Å². The lowest BCUT2D eigenvalue weighted by molar-refractivity contribution is -0.129. The van der Waals surface area contributed by atoms with Crippen LogP contribution in [0.4, 0.5) is 0 Å². The molecular weight excluding hydrogens is 442 g/mol. The van der Waals surface area contributed by atoms with Crippen LogP contribution in [-0.4, -0.2) is 88.7 Å². The fourth-order valence-corrected chi connectivity index (χ4v) is 2.67. The first-order valence-corrected chi connectivity index (χ1v) is 12.3. The van der Waals surface area contributed by atoms with Crippen LogP contribution in [-0.2, 0) is 33.3 Å². The molecule has 0 saturated heterocycles. The summed E-state index contributed by atoms with van der Waals surface area (Å²) in [6, 6.07) is -0.289. The van der Waals surface area contributed by atoms with E-state index < -0.39 is 6.04 Å². The first-order chi connectivity index (χ1) is 16.1. The third kappa shape index (κ3) is 22.1. The standard InChI is InChI=1S/C24H47N3O7/c1-18(2)7-10-31-13-14-34-17-24(30)27-21(15-32-11-8-22(28)25-19(3)4)16-33-12-9-23(29)26-20(5)6/h18-21H,7-17H2,1-6H3,(H,25,28)(H,26,29)(H,27,30). The van der Waals surface area contributed by atoms with Crippen LogP contribution < -0.4 is 16.0 Å². The summed E-state index contributed by atoms with van der Waals surface area (Å²) >= 11 is 0. The Hall–Kier alpha value is -1.75. The van der Waals surface area contributed by atoms with Crippen LogP contribution in [0.1, 0.15) is 60.8 Å². The van der Waals surface area contributed by atoms with Gasteiger partial charge >= 0.3 is 0 Å². The van der Waals surface area contributed by atoms with Crippen LogP contribution in [0.25, 0.3) is 0 Å². The van der Waals surface area contributed by atoms with E-state index in [0.717, 1.165) is 6.42 Å². The van der Waals surface area contributed by atoms with Gasteiger partial charge in [0.25, 0.3) is 0 Å². The molecule has 0 rings (SSSR count). The molecule has 0 bridgehead atoms. The second-order valence-corrected chi connectivity index (χ2v) is 9.21. The van der Waals surface area contributed by atoms with Crippen molar-refractivity contribution in [1.29, 1.82) is 0 Å². The van der Waals surface area contributed by atoms with E-state index in [4.69, 9.17) is 18.9 Å². The van der Waals surface area contributed by atoms with Crippen molar-refractivity contribution in [3.05, 3.63) is 0 Å². The van der Waals surface area contributed by atoms with Gasteiger partial charge in [-0.25, -0.2) is 0 Å². The number of nitrogens with one attached hydrogen (secondary N) is 3. The molecule has 0 heterocycles. The van der Waals surface area contributed by atoms with Gasteiger partial charge in [-0.1, -0.05) is 13.8 Å². The lowest BCUT2D eigenvalue weighted by Gasteiger charge is -2.19. The van der Waals surface area contributed by atoms with Crippen LogP contribution in [0.15, 0.2) is 0 Å². The SMILES string of the molecule is CC(C)CCOCCOCC(=O)NC(COCCC(=O)NC(C)C)COCCC(=O)NC(C)C. The number of carbonyl (C=O) groups is 3. The van der Waals surface area contributed by atoms with Gasteiger partial charge in [-0.2, -0.15) is 0 Å². The fourth-order valence-electron chi connectivity index (χ4n) is 2.67. The Kier molecular flexibility index (Phi) is 19.5. The van der Waals surface area contributed by atoms with Gasteiger partial charge in [0.15, 0.2) is 0 Å². The molecule has 0 aliphatic heterocycles. The maximum atomic E-state index is 12.2. The molecule has 0 aliphatic carbocycles. The average Bonchev–Trinajstić information content (AvgIpc) is 2.72. The first-order valence-electron chi connectivity index (χ1n) is 12.3. The van der Waals surface area contributed by atoms with Gasteiger partial charge in [0.05, 0.1) is 45.7 Å². The summed E-state index contributed by atoms with van der Waals surface area (Å²) in [5.74, 6) is 0.107. The number of hydrogen-bond acceptors (Lipinski definition) is 7. The first kappa shape index (κ1) is 32.2. The molecule has 0 aromatic rings. The summed E-state index contributed by atoms with van der Waals surface area (Å²) in [4.78, 5) is 35.7. The van der Waals surface area contributed by atoms with Gasteiger partial charge < -0.3 is 34.9 Å². The molecule has 3 amide bonds. The lowest BCUT2D eigenvalue weighted by Crippen LogP contribution is -2.43. The second kappa shape index (κ2) is 20.6. The molecule has 0 spiro atoms. The average molecular weight is 490 g/mol. The zero-order valence-corrected chi connectivity index (χ0v) is 21.9. The smallest absolute Gasteiger partial charge is 0.246 e. The number of amides is 3. The highest BCUT2D eigenvalue weighted by Crippen LogP contribution is 1.98. The van der Waals surface area contributed by atoms with Crippen molar-refractivity contribution in [3.8, 4) is 0 Å². The summed E-state index contributed by atoms with van der Waals surface area (Å²) < 4.78 is 22.0. The Morgan fingerprint density at radius 3 is 1.56 bits per heavy atom. The molecule has 10 heteroatoms. The highest BCUT2D eigenvalue weighted by atomic mass is 16.5. The minimum Gasteiger partial charge on any atom is -0.379 e. The third-order valence-electron chi connectivity index (χ3n) is 4.29. The van der Waals surface area contributed by atoms with Crippen molar-refractivity contribution in [1.82, 2.24) is 16.0 Å². The molecule has 0 aromatic heterocycles. The van der Waals surface area contributed by atoms with E-state index in [1.807, 2.05) is 27.7 Å². The van der Waals surface area contributed by atoms with Crippen molar-refractivity contribution in [2.24, 2.45) is 5.92 Å². The van der Waals surface area contributed by atoms with Crippen LogP contribution in [0.2, 0.25) is 0 Å². The summed E-state index contributed by atoms with van der Waals surface area (Å²) in [6.07, 6.45) is 1.45. The minimum absolute atomic E-state index is 0.0708. The molecular formula is C24H47N3O7. The molecule has 34 heavy (non-hydrogen) atoms. The lowest BCUT2D eigenvalue weighted by atomic mass is 10.1. The Bertz CT molecular complexity index is 527. The maximum Gasteiger partial charge on any atom is 0.246 e. The Balaban J connectivity index is 4.30. The Morgan fingerprint density at radius 2 is 1.09 bits per heavy atom. The van der Waals surface area contributed by atoms with E-state index in [1.54, 1.807) is 0 Å². The predicted octanol–water partition coefficient (Wildman–Crippen LogP) is 1.41. The van der Waals surface area contributed by atoms with Crippen LogP contribution >= 0.6 is 0 Å². The molecule has 10 nitrogen and oxygen atoms in total. The number of ether oxygens (including phenoxy) is 4. The normalized spacial score (nSPS) is 11.5. The molecule has 0 fully saturated rings. The largest absolute Gasteiger partial charge is 0.379 e. The Morgan fingerprint density at radius 1 is 0.588 bits per heavy atom. The molecule has 0 unspecified atom stereocenters. The molecule has 0 atom stereocenters. The van der Waals surface area contributed by atoms with Gasteiger partial charge in [-0.3, -0.25) is 14.4 Å². The second-order valence-electron chi connectivity index (χ2n) is 9.21. The van der Waals surface area contributed by atoms with Gasteiger partial charge in [0, 0.05) is 31.5 Å².